The highest BCUT2D eigenvalue weighted by Crippen LogP contribution is 2.14. The second kappa shape index (κ2) is 9.68. The minimum atomic E-state index is -0.504. The summed E-state index contributed by atoms with van der Waals surface area (Å²) < 4.78 is 0. The Balaban J connectivity index is 1.49. The van der Waals surface area contributed by atoms with Crippen molar-refractivity contribution in [1.29, 1.82) is 0 Å². The maximum Gasteiger partial charge on any atom is 0.245 e. The standard InChI is InChI=1S/C21H30N4O3/c1-17(26)22-19-9-5-6-10-25(21(19)28)16-20(27)24-13-11-23(12-14-24)15-18-7-3-2-4-8-18/h2-4,7-8,19H,5-6,9-16H2,1H3,(H,22,26). The highest BCUT2D eigenvalue weighted by molar-refractivity contribution is 5.90. The van der Waals surface area contributed by atoms with Gasteiger partial charge in [-0.3, -0.25) is 19.3 Å². The van der Waals surface area contributed by atoms with Crippen molar-refractivity contribution in [3.63, 3.8) is 0 Å². The largest absolute Gasteiger partial charge is 0.345 e. The normalized spacial score (nSPS) is 21.3. The van der Waals surface area contributed by atoms with Crippen LogP contribution >= 0.6 is 0 Å². The van der Waals surface area contributed by atoms with Crippen LogP contribution in [0.3, 0.4) is 0 Å². The van der Waals surface area contributed by atoms with Crippen LogP contribution in [0.1, 0.15) is 31.7 Å². The molecule has 7 nitrogen and oxygen atoms in total. The topological polar surface area (TPSA) is 73.0 Å². The summed E-state index contributed by atoms with van der Waals surface area (Å²) in [6, 6.07) is 9.83. The van der Waals surface area contributed by atoms with E-state index in [0.717, 1.165) is 32.5 Å². The molecule has 1 aromatic rings. The van der Waals surface area contributed by atoms with Gasteiger partial charge in [-0.1, -0.05) is 30.3 Å². The van der Waals surface area contributed by atoms with Gasteiger partial charge in [0.2, 0.25) is 17.7 Å². The molecule has 2 saturated heterocycles. The van der Waals surface area contributed by atoms with Gasteiger partial charge in [0, 0.05) is 46.2 Å². The first-order valence-electron chi connectivity index (χ1n) is 10.1. The Morgan fingerprint density at radius 1 is 1.04 bits per heavy atom. The van der Waals surface area contributed by atoms with E-state index in [1.807, 2.05) is 23.1 Å². The molecule has 2 heterocycles. The fourth-order valence-electron chi connectivity index (χ4n) is 3.90. The number of likely N-dealkylation sites (tertiary alicyclic amines) is 1. The Morgan fingerprint density at radius 2 is 1.75 bits per heavy atom. The Labute approximate surface area is 166 Å². The van der Waals surface area contributed by atoms with Crippen LogP contribution in [-0.4, -0.2) is 77.7 Å². The molecule has 0 spiro atoms. The van der Waals surface area contributed by atoms with Crippen molar-refractivity contribution in [3.8, 4) is 0 Å². The van der Waals surface area contributed by atoms with Crippen LogP contribution in [0.25, 0.3) is 0 Å². The molecule has 1 aromatic carbocycles. The van der Waals surface area contributed by atoms with Gasteiger partial charge in [-0.25, -0.2) is 0 Å². The van der Waals surface area contributed by atoms with Crippen LogP contribution < -0.4 is 5.32 Å². The number of carbonyl (C=O) groups is 3. The summed E-state index contributed by atoms with van der Waals surface area (Å²) in [7, 11) is 0. The molecule has 0 aromatic heterocycles. The van der Waals surface area contributed by atoms with Gasteiger partial charge in [0.1, 0.15) is 6.04 Å². The lowest BCUT2D eigenvalue weighted by Gasteiger charge is -2.36. The average Bonchev–Trinajstić information content (AvgIpc) is 2.85. The molecule has 2 fully saturated rings. The maximum absolute atomic E-state index is 12.7. The molecule has 3 amide bonds. The summed E-state index contributed by atoms with van der Waals surface area (Å²) in [6.07, 6.45) is 2.38. The van der Waals surface area contributed by atoms with E-state index >= 15 is 0 Å². The number of hydrogen-bond donors (Lipinski definition) is 1. The smallest absolute Gasteiger partial charge is 0.245 e. The summed E-state index contributed by atoms with van der Waals surface area (Å²) in [5, 5.41) is 2.72. The molecule has 0 bridgehead atoms. The van der Waals surface area contributed by atoms with Crippen molar-refractivity contribution in [2.45, 2.75) is 38.8 Å². The van der Waals surface area contributed by atoms with E-state index in [9.17, 15) is 14.4 Å². The van der Waals surface area contributed by atoms with Crippen LogP contribution in [0.5, 0.6) is 0 Å². The summed E-state index contributed by atoms with van der Waals surface area (Å²) in [6.45, 7) is 6.04. The highest BCUT2D eigenvalue weighted by atomic mass is 16.2. The summed E-state index contributed by atoms with van der Waals surface area (Å²) in [4.78, 5) is 42.6. The minimum Gasteiger partial charge on any atom is -0.345 e. The van der Waals surface area contributed by atoms with Gasteiger partial charge in [-0.05, 0) is 24.8 Å². The summed E-state index contributed by atoms with van der Waals surface area (Å²) in [5.41, 5.74) is 1.28. The number of hydrogen-bond acceptors (Lipinski definition) is 4. The molecule has 152 valence electrons. The van der Waals surface area contributed by atoms with Gasteiger partial charge >= 0.3 is 0 Å². The first-order valence-corrected chi connectivity index (χ1v) is 10.1. The van der Waals surface area contributed by atoms with E-state index in [1.165, 1.54) is 12.5 Å². The number of piperazine rings is 1. The van der Waals surface area contributed by atoms with E-state index in [2.05, 4.69) is 22.3 Å². The Hall–Kier alpha value is -2.41. The lowest BCUT2D eigenvalue weighted by molar-refractivity contribution is -0.142. The van der Waals surface area contributed by atoms with Gasteiger partial charge in [-0.15, -0.1) is 0 Å². The zero-order chi connectivity index (χ0) is 19.9. The number of benzene rings is 1. The third-order valence-electron chi connectivity index (χ3n) is 5.46. The molecule has 1 N–H and O–H groups in total. The SMILES string of the molecule is CC(=O)NC1CCCCN(CC(=O)N2CCN(Cc3ccccc3)CC2)C1=O. The molecule has 0 radical (unpaired) electrons. The molecule has 2 aliphatic heterocycles. The molecule has 2 aliphatic rings. The second-order valence-electron chi connectivity index (χ2n) is 7.65. The molecular weight excluding hydrogens is 356 g/mol. The first-order chi connectivity index (χ1) is 13.5. The molecular formula is C21H30N4O3. The number of nitrogens with zero attached hydrogens (tertiary/aromatic N) is 3. The monoisotopic (exact) mass is 386 g/mol. The lowest BCUT2D eigenvalue weighted by atomic mass is 10.1. The number of amides is 3. The van der Waals surface area contributed by atoms with E-state index in [-0.39, 0.29) is 24.3 Å². The van der Waals surface area contributed by atoms with Crippen LogP contribution in [0.4, 0.5) is 0 Å². The molecule has 1 unspecified atom stereocenters. The number of nitrogens with one attached hydrogen (secondary N) is 1. The molecule has 3 rings (SSSR count). The predicted molar refractivity (Wildman–Crippen MR) is 106 cm³/mol. The molecule has 7 heteroatoms. The molecule has 0 saturated carbocycles. The Morgan fingerprint density at radius 3 is 2.43 bits per heavy atom. The first kappa shape index (κ1) is 20.3. The average molecular weight is 386 g/mol. The fourth-order valence-corrected chi connectivity index (χ4v) is 3.90. The molecule has 0 aliphatic carbocycles. The van der Waals surface area contributed by atoms with Crippen molar-refractivity contribution in [2.75, 3.05) is 39.3 Å². The third kappa shape index (κ3) is 5.55. The van der Waals surface area contributed by atoms with Crippen LogP contribution in [0.2, 0.25) is 0 Å². The molecule has 1 atom stereocenters. The van der Waals surface area contributed by atoms with Crippen molar-refractivity contribution in [3.05, 3.63) is 35.9 Å². The second-order valence-corrected chi connectivity index (χ2v) is 7.65. The number of rotatable bonds is 5. The summed E-state index contributed by atoms with van der Waals surface area (Å²) >= 11 is 0. The lowest BCUT2D eigenvalue weighted by Crippen LogP contribution is -2.53. The maximum atomic E-state index is 12.7. The van der Waals surface area contributed by atoms with E-state index < -0.39 is 6.04 Å². The van der Waals surface area contributed by atoms with Gasteiger partial charge in [0.15, 0.2) is 0 Å². The van der Waals surface area contributed by atoms with Crippen molar-refractivity contribution in [1.82, 2.24) is 20.0 Å². The van der Waals surface area contributed by atoms with Crippen molar-refractivity contribution < 1.29 is 14.4 Å². The van der Waals surface area contributed by atoms with Gasteiger partial charge < -0.3 is 15.1 Å². The zero-order valence-electron chi connectivity index (χ0n) is 16.6. The van der Waals surface area contributed by atoms with Gasteiger partial charge in [0.05, 0.1) is 6.54 Å². The van der Waals surface area contributed by atoms with Crippen LogP contribution in [0, 0.1) is 0 Å². The Kier molecular flexibility index (Phi) is 7.03. The van der Waals surface area contributed by atoms with Gasteiger partial charge in [0.25, 0.3) is 0 Å². The molecule has 28 heavy (non-hydrogen) atoms. The quantitative estimate of drug-likeness (QED) is 0.814. The van der Waals surface area contributed by atoms with Crippen LogP contribution in [0.15, 0.2) is 30.3 Å². The van der Waals surface area contributed by atoms with E-state index in [1.54, 1.807) is 4.90 Å². The zero-order valence-corrected chi connectivity index (χ0v) is 16.6. The Bertz CT molecular complexity index is 686. The van der Waals surface area contributed by atoms with Crippen molar-refractivity contribution in [2.24, 2.45) is 0 Å². The minimum absolute atomic E-state index is 0.00353. The van der Waals surface area contributed by atoms with Gasteiger partial charge in [-0.2, -0.15) is 0 Å². The van der Waals surface area contributed by atoms with Crippen molar-refractivity contribution >= 4 is 17.7 Å². The number of carbonyl (C=O) groups excluding carboxylic acids is 3. The van der Waals surface area contributed by atoms with E-state index in [4.69, 9.17) is 0 Å². The van der Waals surface area contributed by atoms with E-state index in [0.29, 0.717) is 26.1 Å². The van der Waals surface area contributed by atoms with Crippen LogP contribution in [-0.2, 0) is 20.9 Å². The predicted octanol–water partition coefficient (Wildman–Crippen LogP) is 0.848. The fraction of sp³-hybridized carbons (Fsp3) is 0.571. The summed E-state index contributed by atoms with van der Waals surface area (Å²) in [5.74, 6) is -0.346. The highest BCUT2D eigenvalue weighted by Gasteiger charge is 2.30. The third-order valence-corrected chi connectivity index (χ3v) is 5.46.